The monoisotopic (exact) mass is 493 g/mol. The van der Waals surface area contributed by atoms with Crippen LogP contribution >= 0.6 is 11.6 Å². The van der Waals surface area contributed by atoms with E-state index in [2.05, 4.69) is 21.4 Å². The molecular formula is C27H32ClN5O2. The molecular weight excluding hydrogens is 462 g/mol. The molecule has 1 aliphatic rings. The van der Waals surface area contributed by atoms with Crippen LogP contribution in [-0.2, 0) is 22.6 Å². The summed E-state index contributed by atoms with van der Waals surface area (Å²) >= 11 is 6.30. The summed E-state index contributed by atoms with van der Waals surface area (Å²) in [5.41, 5.74) is 11.9. The Hall–Kier alpha value is -3.16. The number of benzene rings is 2. The van der Waals surface area contributed by atoms with Crippen molar-refractivity contribution in [2.45, 2.75) is 46.6 Å². The molecule has 0 aliphatic carbocycles. The van der Waals surface area contributed by atoms with Gasteiger partial charge in [-0.2, -0.15) is 5.10 Å². The first-order chi connectivity index (χ1) is 16.7. The average Bonchev–Trinajstić information content (AvgIpc) is 3.09. The standard InChI is InChI=1S/C27H32ClN5O2/c1-17-7-8-23(14-25(17)28)33-19(3)24(18(2)31-33)15-26(34)30-22-6-4-5-20(13-22)16-32-11-9-21(10-12-32)27(29)35/h4-8,13-14,21H,9-12,15-16H2,1-3H3,(H2,29,35)(H,30,34). The number of rotatable bonds is 7. The third-order valence-electron chi connectivity index (χ3n) is 6.79. The minimum atomic E-state index is -0.201. The van der Waals surface area contributed by atoms with Crippen molar-refractivity contribution in [3.8, 4) is 5.69 Å². The summed E-state index contributed by atoms with van der Waals surface area (Å²) in [5.74, 6) is -0.304. The number of halogens is 1. The second-order valence-corrected chi connectivity index (χ2v) is 9.78. The predicted molar refractivity (Wildman–Crippen MR) is 139 cm³/mol. The Balaban J connectivity index is 1.40. The summed E-state index contributed by atoms with van der Waals surface area (Å²) < 4.78 is 1.84. The number of aryl methyl sites for hydroxylation is 2. The number of nitrogens with two attached hydrogens (primary N) is 1. The molecule has 2 aromatic carbocycles. The molecule has 1 saturated heterocycles. The van der Waals surface area contributed by atoms with Gasteiger partial charge < -0.3 is 11.1 Å². The van der Waals surface area contributed by atoms with E-state index in [1.807, 2.05) is 61.9 Å². The van der Waals surface area contributed by atoms with E-state index in [1.165, 1.54) is 0 Å². The second kappa shape index (κ2) is 10.6. The Morgan fingerprint density at radius 3 is 2.54 bits per heavy atom. The number of hydrogen-bond donors (Lipinski definition) is 2. The molecule has 7 nitrogen and oxygen atoms in total. The maximum atomic E-state index is 12.9. The summed E-state index contributed by atoms with van der Waals surface area (Å²) in [4.78, 5) is 26.6. The third kappa shape index (κ3) is 5.92. The number of likely N-dealkylation sites (tertiary alicyclic amines) is 1. The van der Waals surface area contributed by atoms with Crippen molar-refractivity contribution in [3.05, 3.63) is 75.6 Å². The Morgan fingerprint density at radius 2 is 1.86 bits per heavy atom. The van der Waals surface area contributed by atoms with Gasteiger partial charge in [-0.05, 0) is 82.1 Å². The number of piperidine rings is 1. The van der Waals surface area contributed by atoms with Crippen LogP contribution in [-0.4, -0.2) is 39.6 Å². The molecule has 1 aliphatic heterocycles. The molecule has 0 radical (unpaired) electrons. The first-order valence-corrected chi connectivity index (χ1v) is 12.3. The average molecular weight is 494 g/mol. The molecule has 1 aromatic heterocycles. The fourth-order valence-electron chi connectivity index (χ4n) is 4.64. The van der Waals surface area contributed by atoms with E-state index < -0.39 is 0 Å². The fraction of sp³-hybridized carbons (Fsp3) is 0.370. The van der Waals surface area contributed by atoms with Gasteiger partial charge in [0.25, 0.3) is 0 Å². The number of primary amides is 1. The Kier molecular flexibility index (Phi) is 7.57. The van der Waals surface area contributed by atoms with Gasteiger partial charge in [0.15, 0.2) is 0 Å². The van der Waals surface area contributed by atoms with E-state index in [0.717, 1.165) is 71.9 Å². The normalized spacial score (nSPS) is 14.7. The largest absolute Gasteiger partial charge is 0.369 e. The summed E-state index contributed by atoms with van der Waals surface area (Å²) in [6.07, 6.45) is 1.84. The van der Waals surface area contributed by atoms with Gasteiger partial charge in [-0.25, -0.2) is 4.68 Å². The Labute approximate surface area is 211 Å². The minimum absolute atomic E-state index is 0.0175. The van der Waals surface area contributed by atoms with E-state index in [1.54, 1.807) is 0 Å². The third-order valence-corrected chi connectivity index (χ3v) is 7.19. The Morgan fingerprint density at radius 1 is 1.11 bits per heavy atom. The van der Waals surface area contributed by atoms with Crippen molar-refractivity contribution in [2.24, 2.45) is 11.7 Å². The molecule has 3 N–H and O–H groups in total. The van der Waals surface area contributed by atoms with Crippen LogP contribution < -0.4 is 11.1 Å². The van der Waals surface area contributed by atoms with Crippen molar-refractivity contribution in [1.29, 1.82) is 0 Å². The number of carbonyl (C=O) groups excluding carboxylic acids is 2. The molecule has 2 heterocycles. The molecule has 4 rings (SSSR count). The zero-order valence-electron chi connectivity index (χ0n) is 20.5. The first kappa shape index (κ1) is 24.9. The maximum absolute atomic E-state index is 12.9. The van der Waals surface area contributed by atoms with Gasteiger partial charge in [-0.1, -0.05) is 29.8 Å². The maximum Gasteiger partial charge on any atom is 0.228 e. The zero-order valence-corrected chi connectivity index (χ0v) is 21.2. The highest BCUT2D eigenvalue weighted by Gasteiger charge is 2.23. The highest BCUT2D eigenvalue weighted by Crippen LogP contribution is 2.24. The number of nitrogens with one attached hydrogen (secondary N) is 1. The highest BCUT2D eigenvalue weighted by atomic mass is 35.5. The van der Waals surface area contributed by atoms with Gasteiger partial charge >= 0.3 is 0 Å². The van der Waals surface area contributed by atoms with E-state index in [-0.39, 0.29) is 24.2 Å². The molecule has 3 aromatic rings. The van der Waals surface area contributed by atoms with Crippen LogP contribution in [0.4, 0.5) is 5.69 Å². The summed E-state index contributed by atoms with van der Waals surface area (Å²) in [6, 6.07) is 13.8. The van der Waals surface area contributed by atoms with Crippen LogP contribution in [0.15, 0.2) is 42.5 Å². The van der Waals surface area contributed by atoms with Crippen LogP contribution in [0.25, 0.3) is 5.69 Å². The van der Waals surface area contributed by atoms with Crippen LogP contribution in [0.1, 0.15) is 40.9 Å². The van der Waals surface area contributed by atoms with Crippen molar-refractivity contribution < 1.29 is 9.59 Å². The first-order valence-electron chi connectivity index (χ1n) is 11.9. The van der Waals surface area contributed by atoms with Crippen molar-refractivity contribution in [2.75, 3.05) is 18.4 Å². The molecule has 35 heavy (non-hydrogen) atoms. The van der Waals surface area contributed by atoms with Gasteiger partial charge in [0.05, 0.1) is 17.8 Å². The summed E-state index contributed by atoms with van der Waals surface area (Å²) in [5, 5.41) is 8.37. The molecule has 0 spiro atoms. The number of hydrogen-bond acceptors (Lipinski definition) is 4. The summed E-state index contributed by atoms with van der Waals surface area (Å²) in [7, 11) is 0. The molecule has 0 saturated carbocycles. The number of anilines is 1. The van der Waals surface area contributed by atoms with Crippen molar-refractivity contribution in [3.63, 3.8) is 0 Å². The fourth-order valence-corrected chi connectivity index (χ4v) is 4.82. The number of amides is 2. The number of nitrogens with zero attached hydrogens (tertiary/aromatic N) is 3. The van der Waals surface area contributed by atoms with Gasteiger partial charge in [0.2, 0.25) is 11.8 Å². The molecule has 1 fully saturated rings. The van der Waals surface area contributed by atoms with Crippen molar-refractivity contribution >= 4 is 29.1 Å². The van der Waals surface area contributed by atoms with Gasteiger partial charge in [0, 0.05) is 34.4 Å². The quantitative estimate of drug-likeness (QED) is 0.512. The Bertz CT molecular complexity index is 1240. The topological polar surface area (TPSA) is 93.2 Å². The molecule has 184 valence electrons. The van der Waals surface area contributed by atoms with E-state index in [0.29, 0.717) is 5.02 Å². The van der Waals surface area contributed by atoms with E-state index in [4.69, 9.17) is 17.3 Å². The zero-order chi connectivity index (χ0) is 25.1. The molecule has 2 amide bonds. The van der Waals surface area contributed by atoms with Crippen LogP contribution in [0.3, 0.4) is 0 Å². The van der Waals surface area contributed by atoms with Crippen LogP contribution in [0.5, 0.6) is 0 Å². The highest BCUT2D eigenvalue weighted by molar-refractivity contribution is 6.31. The summed E-state index contributed by atoms with van der Waals surface area (Å²) in [6.45, 7) is 8.32. The SMILES string of the molecule is Cc1ccc(-n2nc(C)c(CC(=O)Nc3cccc(CN4CCC(C(N)=O)CC4)c3)c2C)cc1Cl. The van der Waals surface area contributed by atoms with Gasteiger partial charge in [-0.15, -0.1) is 0 Å². The second-order valence-electron chi connectivity index (χ2n) is 9.37. The molecule has 0 unspecified atom stereocenters. The van der Waals surface area contributed by atoms with Crippen molar-refractivity contribution in [1.82, 2.24) is 14.7 Å². The lowest BCUT2D eigenvalue weighted by molar-refractivity contribution is -0.123. The predicted octanol–water partition coefficient (Wildman–Crippen LogP) is 4.33. The molecule has 8 heteroatoms. The van der Waals surface area contributed by atoms with Crippen LogP contribution in [0, 0.1) is 26.7 Å². The lowest BCUT2D eigenvalue weighted by atomic mass is 9.96. The molecule has 0 atom stereocenters. The minimum Gasteiger partial charge on any atom is -0.369 e. The van der Waals surface area contributed by atoms with Crippen LogP contribution in [0.2, 0.25) is 5.02 Å². The number of carbonyl (C=O) groups is 2. The van der Waals surface area contributed by atoms with Gasteiger partial charge in [-0.3, -0.25) is 14.5 Å². The van der Waals surface area contributed by atoms with E-state index in [9.17, 15) is 9.59 Å². The lowest BCUT2D eigenvalue weighted by Gasteiger charge is -2.30. The number of aromatic nitrogens is 2. The van der Waals surface area contributed by atoms with Gasteiger partial charge in [0.1, 0.15) is 0 Å². The smallest absolute Gasteiger partial charge is 0.228 e. The lowest BCUT2D eigenvalue weighted by Crippen LogP contribution is -2.38. The molecule has 0 bridgehead atoms. The van der Waals surface area contributed by atoms with E-state index >= 15 is 0 Å².